The van der Waals surface area contributed by atoms with Crippen LogP contribution in [0.4, 0.5) is 4.79 Å². The molecular formula is C23H31NO6. The zero-order valence-electron chi connectivity index (χ0n) is 18.8. The highest BCUT2D eigenvalue weighted by molar-refractivity contribution is 5.91. The topological polar surface area (TPSA) is 94.8 Å². The van der Waals surface area contributed by atoms with E-state index in [-0.39, 0.29) is 5.92 Å². The van der Waals surface area contributed by atoms with Gasteiger partial charge in [0.1, 0.15) is 23.0 Å². The first kappa shape index (κ1) is 23.4. The summed E-state index contributed by atoms with van der Waals surface area (Å²) in [5.74, 6) is -0.477. The molecule has 0 aliphatic rings. The average Bonchev–Trinajstić information content (AvgIpc) is 2.62. The van der Waals surface area contributed by atoms with Crippen molar-refractivity contribution < 1.29 is 23.5 Å². The lowest BCUT2D eigenvalue weighted by Crippen LogP contribution is -2.48. The Morgan fingerprint density at radius 2 is 1.83 bits per heavy atom. The molecule has 2 unspecified atom stereocenters. The summed E-state index contributed by atoms with van der Waals surface area (Å²) in [5, 5.41) is 3.22. The lowest BCUT2D eigenvalue weighted by atomic mass is 9.99. The highest BCUT2D eigenvalue weighted by Gasteiger charge is 2.30. The van der Waals surface area contributed by atoms with E-state index in [4.69, 9.17) is 13.9 Å². The summed E-state index contributed by atoms with van der Waals surface area (Å²) in [6.45, 7) is 12.8. The van der Waals surface area contributed by atoms with E-state index in [9.17, 15) is 14.4 Å². The predicted octanol–water partition coefficient (Wildman–Crippen LogP) is 4.51. The van der Waals surface area contributed by atoms with Crippen LogP contribution >= 0.6 is 0 Å². The van der Waals surface area contributed by atoms with Gasteiger partial charge in [0.25, 0.3) is 0 Å². The number of aryl methyl sites for hydroxylation is 2. The number of amides is 1. The molecule has 0 fully saturated rings. The zero-order valence-corrected chi connectivity index (χ0v) is 18.8. The maximum atomic E-state index is 13.1. The second-order valence-electron chi connectivity index (χ2n) is 8.51. The van der Waals surface area contributed by atoms with Crippen molar-refractivity contribution in [3.8, 4) is 5.75 Å². The molecule has 1 N–H and O–H groups in total. The number of carbonyl (C=O) groups is 2. The summed E-state index contributed by atoms with van der Waals surface area (Å²) in [5.41, 5.74) is 0.730. The number of fused-ring (bicyclic) bond motifs is 1. The van der Waals surface area contributed by atoms with Crippen LogP contribution in [0.25, 0.3) is 11.0 Å². The number of nitrogens with one attached hydrogen (secondary N) is 1. The largest absolute Gasteiger partial charge is 0.444 e. The van der Waals surface area contributed by atoms with Gasteiger partial charge in [-0.3, -0.25) is 0 Å². The van der Waals surface area contributed by atoms with Crippen LogP contribution in [0.1, 0.15) is 59.1 Å². The number of hydrogen-bond acceptors (Lipinski definition) is 6. The Kier molecular flexibility index (Phi) is 7.29. The van der Waals surface area contributed by atoms with E-state index in [0.717, 1.165) is 11.1 Å². The Hall–Kier alpha value is -2.83. The third-order valence-corrected chi connectivity index (χ3v) is 4.76. The molecule has 7 nitrogen and oxygen atoms in total. The highest BCUT2D eigenvalue weighted by Crippen LogP contribution is 2.31. The number of esters is 1. The van der Waals surface area contributed by atoms with Gasteiger partial charge in [0.15, 0.2) is 0 Å². The van der Waals surface area contributed by atoms with E-state index in [0.29, 0.717) is 29.6 Å². The molecule has 2 aromatic rings. The molecule has 2 rings (SSSR count). The first-order valence-electron chi connectivity index (χ1n) is 10.2. The molecule has 0 aliphatic heterocycles. The van der Waals surface area contributed by atoms with Crippen LogP contribution in [-0.2, 0) is 16.0 Å². The minimum absolute atomic E-state index is 0.176. The molecule has 0 bridgehead atoms. The van der Waals surface area contributed by atoms with Gasteiger partial charge in [0.2, 0.25) is 0 Å². The van der Waals surface area contributed by atoms with Crippen LogP contribution in [0.2, 0.25) is 0 Å². The van der Waals surface area contributed by atoms with Crippen molar-refractivity contribution >= 4 is 23.0 Å². The Morgan fingerprint density at radius 3 is 2.40 bits per heavy atom. The quantitative estimate of drug-likeness (QED) is 0.422. The van der Waals surface area contributed by atoms with Gasteiger partial charge in [0.05, 0.1) is 5.39 Å². The number of benzene rings is 1. The molecule has 30 heavy (non-hydrogen) atoms. The smallest absolute Gasteiger partial charge is 0.408 e. The first-order chi connectivity index (χ1) is 13.9. The van der Waals surface area contributed by atoms with Crippen LogP contribution in [0.3, 0.4) is 0 Å². The average molecular weight is 418 g/mol. The molecular weight excluding hydrogens is 386 g/mol. The Labute approximate surface area is 176 Å². The molecule has 0 spiro atoms. The van der Waals surface area contributed by atoms with Crippen LogP contribution in [0.15, 0.2) is 27.4 Å². The molecule has 0 saturated carbocycles. The second-order valence-corrected chi connectivity index (χ2v) is 8.51. The van der Waals surface area contributed by atoms with Gasteiger partial charge in [-0.1, -0.05) is 27.2 Å². The van der Waals surface area contributed by atoms with Gasteiger partial charge in [-0.25, -0.2) is 14.4 Å². The van der Waals surface area contributed by atoms with Gasteiger partial charge >= 0.3 is 17.7 Å². The molecule has 1 heterocycles. The minimum atomic E-state index is -0.888. The van der Waals surface area contributed by atoms with E-state index in [2.05, 4.69) is 5.32 Å². The molecule has 0 saturated heterocycles. The predicted molar refractivity (Wildman–Crippen MR) is 115 cm³/mol. The first-order valence-corrected chi connectivity index (χ1v) is 10.2. The molecule has 1 amide bonds. The molecule has 164 valence electrons. The summed E-state index contributed by atoms with van der Waals surface area (Å²) in [4.78, 5) is 37.2. The van der Waals surface area contributed by atoms with Crippen molar-refractivity contribution in [2.24, 2.45) is 5.92 Å². The summed E-state index contributed by atoms with van der Waals surface area (Å²) in [7, 11) is 0. The van der Waals surface area contributed by atoms with Gasteiger partial charge in [-0.15, -0.1) is 0 Å². The third-order valence-electron chi connectivity index (χ3n) is 4.76. The van der Waals surface area contributed by atoms with E-state index in [1.165, 1.54) is 6.07 Å². The van der Waals surface area contributed by atoms with Gasteiger partial charge in [-0.2, -0.15) is 0 Å². The number of rotatable bonds is 6. The monoisotopic (exact) mass is 417 g/mol. The van der Waals surface area contributed by atoms with Gasteiger partial charge in [0, 0.05) is 6.07 Å². The fourth-order valence-electron chi connectivity index (χ4n) is 3.11. The third kappa shape index (κ3) is 5.84. The van der Waals surface area contributed by atoms with Gasteiger partial charge in [-0.05, 0) is 63.3 Å². The van der Waals surface area contributed by atoms with Crippen LogP contribution in [0.5, 0.6) is 5.75 Å². The summed E-state index contributed by atoms with van der Waals surface area (Å²) >= 11 is 0. The maximum Gasteiger partial charge on any atom is 0.408 e. The maximum absolute atomic E-state index is 13.1. The molecule has 0 radical (unpaired) electrons. The fourth-order valence-corrected chi connectivity index (χ4v) is 3.11. The van der Waals surface area contributed by atoms with E-state index in [1.807, 2.05) is 27.7 Å². The van der Waals surface area contributed by atoms with Crippen molar-refractivity contribution in [3.05, 3.63) is 39.7 Å². The van der Waals surface area contributed by atoms with Gasteiger partial charge < -0.3 is 19.2 Å². The van der Waals surface area contributed by atoms with E-state index in [1.54, 1.807) is 32.9 Å². The van der Waals surface area contributed by atoms with E-state index >= 15 is 0 Å². The normalized spacial score (nSPS) is 13.6. The van der Waals surface area contributed by atoms with Crippen molar-refractivity contribution in [1.29, 1.82) is 0 Å². The van der Waals surface area contributed by atoms with Crippen molar-refractivity contribution in [2.45, 2.75) is 73.0 Å². The number of carbonyl (C=O) groups excluding carboxylic acids is 2. The standard InChI is InChI=1S/C23H31NO6/c1-8-14(4)20(24-22(27)30-23(5,6)7)21(26)29-17-11-13(3)10-16-19(17)15(9-2)12-18(25)28-16/h10-12,14,20H,8-9H2,1-7H3,(H,24,27). The highest BCUT2D eigenvalue weighted by atomic mass is 16.6. The lowest BCUT2D eigenvalue weighted by molar-refractivity contribution is -0.138. The summed E-state index contributed by atoms with van der Waals surface area (Å²) in [6, 6.07) is 3.97. The van der Waals surface area contributed by atoms with Crippen LogP contribution in [-0.4, -0.2) is 23.7 Å². The van der Waals surface area contributed by atoms with Crippen molar-refractivity contribution in [1.82, 2.24) is 5.32 Å². The van der Waals surface area contributed by atoms with E-state index < -0.39 is 29.3 Å². The summed E-state index contributed by atoms with van der Waals surface area (Å²) in [6.07, 6.45) is 0.541. The SMILES string of the molecule is CCc1cc(=O)oc2cc(C)cc(OC(=O)C(NC(=O)OC(C)(C)C)C(C)CC)c12. The Balaban J connectivity index is 2.40. The van der Waals surface area contributed by atoms with Crippen molar-refractivity contribution in [2.75, 3.05) is 0 Å². The molecule has 0 aliphatic carbocycles. The molecule has 1 aromatic heterocycles. The molecule has 2 atom stereocenters. The second kappa shape index (κ2) is 9.32. The fraction of sp³-hybridized carbons (Fsp3) is 0.522. The van der Waals surface area contributed by atoms with Crippen LogP contribution in [0, 0.1) is 12.8 Å². The van der Waals surface area contributed by atoms with Crippen molar-refractivity contribution in [3.63, 3.8) is 0 Å². The number of alkyl carbamates (subject to hydrolysis) is 1. The number of ether oxygens (including phenoxy) is 2. The molecule has 1 aromatic carbocycles. The minimum Gasteiger partial charge on any atom is -0.444 e. The Bertz CT molecular complexity index is 986. The number of hydrogen-bond donors (Lipinski definition) is 1. The summed E-state index contributed by atoms with van der Waals surface area (Å²) < 4.78 is 16.3. The zero-order chi connectivity index (χ0) is 22.6. The lowest BCUT2D eigenvalue weighted by Gasteiger charge is -2.26. The Morgan fingerprint density at radius 1 is 1.17 bits per heavy atom. The van der Waals surface area contributed by atoms with Crippen LogP contribution < -0.4 is 15.7 Å². The molecule has 7 heteroatoms.